The van der Waals surface area contributed by atoms with Gasteiger partial charge in [-0.3, -0.25) is 4.52 Å². The molecular weight excluding hydrogens is 395 g/mol. The molecule has 2 aromatic carbocycles. The average Bonchev–Trinajstić information content (AvgIpc) is 2.73. The van der Waals surface area contributed by atoms with Crippen LogP contribution in [-0.4, -0.2) is 6.61 Å². The number of benzene rings is 2. The first-order valence-corrected chi connectivity index (χ1v) is 12.8. The summed E-state index contributed by atoms with van der Waals surface area (Å²) in [5, 5.41) is 0. The molecule has 0 saturated carbocycles. The van der Waals surface area contributed by atoms with Crippen molar-refractivity contribution >= 4 is 7.82 Å². The second kappa shape index (κ2) is 14.3. The molecule has 0 spiro atoms. The summed E-state index contributed by atoms with van der Waals surface area (Å²) in [5.74, 6) is 1.75. The maximum absolute atomic E-state index is 13.2. The van der Waals surface area contributed by atoms with Crippen LogP contribution in [0.5, 0.6) is 11.5 Å². The van der Waals surface area contributed by atoms with Gasteiger partial charge >= 0.3 is 7.82 Å². The Hall–Kier alpha value is -1.77. The van der Waals surface area contributed by atoms with Crippen LogP contribution in [0, 0.1) is 5.92 Å². The molecule has 0 aliphatic heterocycles. The minimum Gasteiger partial charge on any atom is -0.395 e. The van der Waals surface area contributed by atoms with Crippen molar-refractivity contribution in [2.75, 3.05) is 6.61 Å². The Labute approximate surface area is 182 Å². The van der Waals surface area contributed by atoms with Crippen molar-refractivity contribution in [3.05, 3.63) is 60.7 Å². The molecule has 0 radical (unpaired) electrons. The largest absolute Gasteiger partial charge is 0.587 e. The molecule has 0 atom stereocenters. The van der Waals surface area contributed by atoms with Gasteiger partial charge in [0.2, 0.25) is 0 Å². The van der Waals surface area contributed by atoms with Crippen molar-refractivity contribution < 1.29 is 18.1 Å². The van der Waals surface area contributed by atoms with E-state index >= 15 is 0 Å². The third-order valence-electron chi connectivity index (χ3n) is 4.85. The molecule has 5 heteroatoms. The van der Waals surface area contributed by atoms with Crippen molar-refractivity contribution in [1.29, 1.82) is 0 Å². The molecular formula is C25H37O4P. The highest BCUT2D eigenvalue weighted by atomic mass is 31.2. The smallest absolute Gasteiger partial charge is 0.395 e. The highest BCUT2D eigenvalue weighted by molar-refractivity contribution is 7.49. The summed E-state index contributed by atoms with van der Waals surface area (Å²) in [5.41, 5.74) is 0. The van der Waals surface area contributed by atoms with Gasteiger partial charge in [-0.1, -0.05) is 102 Å². The maximum atomic E-state index is 13.2. The van der Waals surface area contributed by atoms with Gasteiger partial charge in [0.05, 0.1) is 6.61 Å². The lowest BCUT2D eigenvalue weighted by Crippen LogP contribution is -2.06. The molecule has 0 N–H and O–H groups in total. The summed E-state index contributed by atoms with van der Waals surface area (Å²) in [6.45, 7) is 4.93. The first-order chi connectivity index (χ1) is 14.6. The predicted molar refractivity (Wildman–Crippen MR) is 124 cm³/mol. The van der Waals surface area contributed by atoms with E-state index in [4.69, 9.17) is 13.6 Å². The van der Waals surface area contributed by atoms with E-state index < -0.39 is 7.82 Å². The van der Waals surface area contributed by atoms with Crippen molar-refractivity contribution in [3.8, 4) is 11.5 Å². The minimum absolute atomic E-state index is 0.353. The summed E-state index contributed by atoms with van der Waals surface area (Å²) < 4.78 is 30.0. The highest BCUT2D eigenvalue weighted by Crippen LogP contribution is 2.49. The minimum atomic E-state index is -3.75. The van der Waals surface area contributed by atoms with Crippen LogP contribution < -0.4 is 9.05 Å². The van der Waals surface area contributed by atoms with Crippen molar-refractivity contribution in [1.82, 2.24) is 0 Å². The van der Waals surface area contributed by atoms with Crippen molar-refractivity contribution in [2.24, 2.45) is 5.92 Å². The second-order valence-electron chi connectivity index (χ2n) is 8.10. The zero-order valence-corrected chi connectivity index (χ0v) is 19.4. The number of para-hydroxylation sites is 2. The monoisotopic (exact) mass is 432 g/mol. The molecule has 2 rings (SSSR count). The lowest BCUT2D eigenvalue weighted by molar-refractivity contribution is 0.205. The molecule has 0 aromatic heterocycles. The van der Waals surface area contributed by atoms with E-state index in [9.17, 15) is 4.57 Å². The summed E-state index contributed by atoms with van der Waals surface area (Å²) in [4.78, 5) is 0. The Morgan fingerprint density at radius 2 is 1.10 bits per heavy atom. The Balaban J connectivity index is 1.68. The first-order valence-electron chi connectivity index (χ1n) is 11.3. The Bertz CT molecular complexity index is 673. The predicted octanol–water partition coefficient (Wildman–Crippen LogP) is 8.44. The van der Waals surface area contributed by atoms with Crippen LogP contribution >= 0.6 is 7.82 Å². The zero-order valence-electron chi connectivity index (χ0n) is 18.5. The molecule has 0 amide bonds. The van der Waals surface area contributed by atoms with Crippen molar-refractivity contribution in [2.45, 2.75) is 71.6 Å². The Kier molecular flexibility index (Phi) is 11.7. The molecule has 0 heterocycles. The molecule has 2 aromatic rings. The van der Waals surface area contributed by atoms with Crippen LogP contribution in [0.4, 0.5) is 0 Å². The highest BCUT2D eigenvalue weighted by Gasteiger charge is 2.30. The summed E-state index contributed by atoms with van der Waals surface area (Å²) in [6, 6.07) is 18.0. The van der Waals surface area contributed by atoms with Gasteiger partial charge in [-0.2, -0.15) is 0 Å². The van der Waals surface area contributed by atoms with Crippen LogP contribution in [0.1, 0.15) is 71.6 Å². The molecule has 0 bridgehead atoms. The normalized spacial score (nSPS) is 11.6. The van der Waals surface area contributed by atoms with Crippen molar-refractivity contribution in [3.63, 3.8) is 0 Å². The molecule has 0 unspecified atom stereocenters. The second-order valence-corrected chi connectivity index (χ2v) is 9.62. The lowest BCUT2D eigenvalue weighted by atomic mass is 10.0. The topological polar surface area (TPSA) is 44.8 Å². The van der Waals surface area contributed by atoms with E-state index in [1.165, 1.54) is 44.9 Å². The molecule has 166 valence electrons. The van der Waals surface area contributed by atoms with Gasteiger partial charge < -0.3 is 9.05 Å². The average molecular weight is 433 g/mol. The van der Waals surface area contributed by atoms with Crippen LogP contribution in [-0.2, 0) is 9.09 Å². The lowest BCUT2D eigenvalue weighted by Gasteiger charge is -2.19. The van der Waals surface area contributed by atoms with Gasteiger partial charge in [-0.15, -0.1) is 0 Å². The van der Waals surface area contributed by atoms with Crippen LogP contribution in [0.25, 0.3) is 0 Å². The fourth-order valence-corrected chi connectivity index (χ4v) is 4.44. The van der Waals surface area contributed by atoms with Gasteiger partial charge in [-0.25, -0.2) is 4.57 Å². The molecule has 4 nitrogen and oxygen atoms in total. The molecule has 0 aliphatic rings. The van der Waals surface area contributed by atoms with Crippen LogP contribution in [0.2, 0.25) is 0 Å². The Morgan fingerprint density at radius 1 is 0.667 bits per heavy atom. The van der Waals surface area contributed by atoms with Gasteiger partial charge in [0.1, 0.15) is 11.5 Å². The maximum Gasteiger partial charge on any atom is 0.587 e. The molecule has 0 saturated heterocycles. The van der Waals surface area contributed by atoms with Gasteiger partial charge in [0, 0.05) is 0 Å². The summed E-state index contributed by atoms with van der Waals surface area (Å²) >= 11 is 0. The van der Waals surface area contributed by atoms with E-state index in [1.54, 1.807) is 24.3 Å². The molecule has 0 fully saturated rings. The van der Waals surface area contributed by atoms with E-state index in [0.29, 0.717) is 18.1 Å². The zero-order chi connectivity index (χ0) is 21.5. The third kappa shape index (κ3) is 10.8. The molecule has 30 heavy (non-hydrogen) atoms. The van der Waals surface area contributed by atoms with E-state index in [1.807, 2.05) is 36.4 Å². The quantitative estimate of drug-likeness (QED) is 0.197. The SMILES string of the molecule is CC(C)CCCCCCCCCCOP(=O)(Oc1ccccc1)Oc1ccccc1. The number of hydrogen-bond acceptors (Lipinski definition) is 4. The number of phosphoric acid groups is 1. The van der Waals surface area contributed by atoms with E-state index in [0.717, 1.165) is 18.8 Å². The number of hydrogen-bond donors (Lipinski definition) is 0. The van der Waals surface area contributed by atoms with Gasteiger partial charge in [0.25, 0.3) is 0 Å². The summed E-state index contributed by atoms with van der Waals surface area (Å²) in [7, 11) is -3.75. The van der Waals surface area contributed by atoms with E-state index in [2.05, 4.69) is 13.8 Å². The fraction of sp³-hybridized carbons (Fsp3) is 0.520. The van der Waals surface area contributed by atoms with Crippen LogP contribution in [0.3, 0.4) is 0 Å². The third-order valence-corrected chi connectivity index (χ3v) is 6.21. The molecule has 0 aliphatic carbocycles. The standard InChI is InChI=1S/C25H37O4P/c1-23(2)17-11-7-5-3-4-6-8-16-22-27-30(26,28-24-18-12-9-13-19-24)29-25-20-14-10-15-21-25/h9-10,12-15,18-21,23H,3-8,11,16-17,22H2,1-2H3. The van der Waals surface area contributed by atoms with Crippen LogP contribution in [0.15, 0.2) is 60.7 Å². The fourth-order valence-electron chi connectivity index (χ4n) is 3.18. The van der Waals surface area contributed by atoms with Gasteiger partial charge in [0.15, 0.2) is 0 Å². The number of phosphoric ester groups is 1. The van der Waals surface area contributed by atoms with Gasteiger partial charge in [-0.05, 0) is 36.6 Å². The Morgan fingerprint density at radius 3 is 1.57 bits per heavy atom. The first kappa shape index (κ1) is 24.5. The summed E-state index contributed by atoms with van der Waals surface area (Å²) in [6.07, 6.45) is 11.0. The number of unbranched alkanes of at least 4 members (excludes halogenated alkanes) is 7. The van der Waals surface area contributed by atoms with E-state index in [-0.39, 0.29) is 0 Å². The number of rotatable bonds is 16.